The largest absolute Gasteiger partial charge is 0.345 e. The highest BCUT2D eigenvalue weighted by atomic mass is 32.1. The summed E-state index contributed by atoms with van der Waals surface area (Å²) in [4.78, 5) is 14.3. The fourth-order valence-electron chi connectivity index (χ4n) is 2.25. The maximum Gasteiger partial charge on any atom is 0.203 e. The maximum absolute atomic E-state index is 12.6. The number of ketones is 1. The highest BCUT2D eigenvalue weighted by Crippen LogP contribution is 2.31. The molecule has 0 atom stereocenters. The van der Waals surface area contributed by atoms with Crippen LogP contribution in [0.1, 0.15) is 37.5 Å². The SMILES string of the molecule is Cc1cccc(C(=O)c2ccc(C3OCCO3)s2)c1C. The molecule has 3 nitrogen and oxygen atoms in total. The zero-order valence-corrected chi connectivity index (χ0v) is 12.3. The van der Waals surface area contributed by atoms with E-state index in [2.05, 4.69) is 0 Å². The summed E-state index contributed by atoms with van der Waals surface area (Å²) in [6, 6.07) is 9.60. The standard InChI is InChI=1S/C16H16O3S/c1-10-4-3-5-12(11(10)2)15(17)13-6-7-14(20-13)16-18-8-9-19-16/h3-7,16H,8-9H2,1-2H3. The second kappa shape index (κ2) is 5.48. The first-order valence-corrected chi connectivity index (χ1v) is 7.42. The first-order valence-electron chi connectivity index (χ1n) is 6.60. The number of carbonyl (C=O) groups is 1. The van der Waals surface area contributed by atoms with E-state index in [0.717, 1.165) is 26.4 Å². The second-order valence-corrected chi connectivity index (χ2v) is 5.97. The molecule has 1 saturated heterocycles. The van der Waals surface area contributed by atoms with Crippen molar-refractivity contribution in [1.29, 1.82) is 0 Å². The fraction of sp³-hybridized carbons (Fsp3) is 0.312. The van der Waals surface area contributed by atoms with Crippen LogP contribution in [0.15, 0.2) is 30.3 Å². The third-order valence-electron chi connectivity index (χ3n) is 3.55. The highest BCUT2D eigenvalue weighted by molar-refractivity contribution is 7.14. The number of benzene rings is 1. The minimum Gasteiger partial charge on any atom is -0.345 e. The number of hydrogen-bond acceptors (Lipinski definition) is 4. The van der Waals surface area contributed by atoms with Crippen LogP contribution in [-0.2, 0) is 9.47 Å². The maximum atomic E-state index is 12.6. The average molecular weight is 288 g/mol. The number of thiophene rings is 1. The molecular formula is C16H16O3S. The zero-order valence-electron chi connectivity index (χ0n) is 11.5. The van der Waals surface area contributed by atoms with E-state index < -0.39 is 0 Å². The molecule has 0 amide bonds. The van der Waals surface area contributed by atoms with Crippen molar-refractivity contribution in [3.8, 4) is 0 Å². The Morgan fingerprint density at radius 3 is 2.65 bits per heavy atom. The summed E-state index contributed by atoms with van der Waals surface area (Å²) in [5.41, 5.74) is 2.95. The molecule has 0 bridgehead atoms. The van der Waals surface area contributed by atoms with Gasteiger partial charge in [-0.15, -0.1) is 11.3 Å². The molecule has 0 saturated carbocycles. The molecule has 2 heterocycles. The molecule has 20 heavy (non-hydrogen) atoms. The van der Waals surface area contributed by atoms with E-state index in [1.165, 1.54) is 11.3 Å². The lowest BCUT2D eigenvalue weighted by atomic mass is 9.99. The topological polar surface area (TPSA) is 35.5 Å². The smallest absolute Gasteiger partial charge is 0.203 e. The summed E-state index contributed by atoms with van der Waals surface area (Å²) >= 11 is 1.45. The molecule has 1 aromatic carbocycles. The van der Waals surface area contributed by atoms with E-state index in [4.69, 9.17) is 9.47 Å². The summed E-state index contributed by atoms with van der Waals surface area (Å²) in [6.45, 7) is 5.23. The van der Waals surface area contributed by atoms with Crippen LogP contribution in [0.3, 0.4) is 0 Å². The van der Waals surface area contributed by atoms with Crippen molar-refractivity contribution >= 4 is 17.1 Å². The molecule has 2 aromatic rings. The van der Waals surface area contributed by atoms with Crippen LogP contribution >= 0.6 is 11.3 Å². The van der Waals surface area contributed by atoms with Gasteiger partial charge in [-0.2, -0.15) is 0 Å². The van der Waals surface area contributed by atoms with Crippen molar-refractivity contribution in [3.63, 3.8) is 0 Å². The van der Waals surface area contributed by atoms with Crippen molar-refractivity contribution in [2.24, 2.45) is 0 Å². The minimum atomic E-state index is -0.305. The molecule has 1 aliphatic rings. The van der Waals surface area contributed by atoms with Crippen molar-refractivity contribution in [2.75, 3.05) is 13.2 Å². The number of aryl methyl sites for hydroxylation is 1. The van der Waals surface area contributed by atoms with Gasteiger partial charge in [0.15, 0.2) is 6.29 Å². The Hall–Kier alpha value is -1.49. The molecule has 104 valence electrons. The van der Waals surface area contributed by atoms with Gasteiger partial charge in [-0.05, 0) is 37.1 Å². The molecule has 1 aromatic heterocycles. The first-order chi connectivity index (χ1) is 9.66. The van der Waals surface area contributed by atoms with Gasteiger partial charge in [-0.3, -0.25) is 4.79 Å². The number of ether oxygens (including phenoxy) is 2. The molecule has 3 rings (SSSR count). The average Bonchev–Trinajstić information content (AvgIpc) is 3.11. The number of rotatable bonds is 3. The predicted molar refractivity (Wildman–Crippen MR) is 78.3 cm³/mol. The molecule has 0 aliphatic carbocycles. The molecular weight excluding hydrogens is 272 g/mol. The first kappa shape index (κ1) is 13.5. The van der Waals surface area contributed by atoms with Gasteiger partial charge in [0.2, 0.25) is 5.78 Å². The normalized spacial score (nSPS) is 15.7. The van der Waals surface area contributed by atoms with Crippen molar-refractivity contribution in [3.05, 3.63) is 56.8 Å². The van der Waals surface area contributed by atoms with E-state index in [-0.39, 0.29) is 12.1 Å². The Morgan fingerprint density at radius 1 is 1.15 bits per heavy atom. The van der Waals surface area contributed by atoms with E-state index in [1.807, 2.05) is 44.2 Å². The van der Waals surface area contributed by atoms with Gasteiger partial charge in [0.05, 0.1) is 23.0 Å². The third kappa shape index (κ3) is 2.42. The lowest BCUT2D eigenvalue weighted by Crippen LogP contribution is -2.02. The van der Waals surface area contributed by atoms with Crippen LogP contribution < -0.4 is 0 Å². The fourth-order valence-corrected chi connectivity index (χ4v) is 3.22. The summed E-state index contributed by atoms with van der Waals surface area (Å²) in [6.07, 6.45) is -0.305. The molecule has 0 radical (unpaired) electrons. The monoisotopic (exact) mass is 288 g/mol. The van der Waals surface area contributed by atoms with Gasteiger partial charge in [0.1, 0.15) is 0 Å². The third-order valence-corrected chi connectivity index (χ3v) is 4.66. The zero-order chi connectivity index (χ0) is 14.1. The van der Waals surface area contributed by atoms with Crippen LogP contribution in [0.2, 0.25) is 0 Å². The van der Waals surface area contributed by atoms with E-state index >= 15 is 0 Å². The van der Waals surface area contributed by atoms with E-state index in [0.29, 0.717) is 13.2 Å². The minimum absolute atomic E-state index is 0.0699. The lowest BCUT2D eigenvalue weighted by Gasteiger charge is -2.07. The van der Waals surface area contributed by atoms with Crippen LogP contribution in [0.25, 0.3) is 0 Å². The van der Waals surface area contributed by atoms with Crippen LogP contribution in [-0.4, -0.2) is 19.0 Å². The number of carbonyl (C=O) groups excluding carboxylic acids is 1. The summed E-state index contributed by atoms with van der Waals surface area (Å²) in [7, 11) is 0. The molecule has 1 fully saturated rings. The van der Waals surface area contributed by atoms with Gasteiger partial charge in [-0.1, -0.05) is 18.2 Å². The lowest BCUT2D eigenvalue weighted by molar-refractivity contribution is -0.0413. The van der Waals surface area contributed by atoms with Gasteiger partial charge < -0.3 is 9.47 Å². The van der Waals surface area contributed by atoms with Gasteiger partial charge >= 0.3 is 0 Å². The van der Waals surface area contributed by atoms with Crippen LogP contribution in [0, 0.1) is 13.8 Å². The Balaban J connectivity index is 1.89. The molecule has 0 N–H and O–H groups in total. The summed E-state index contributed by atoms with van der Waals surface area (Å²) in [5.74, 6) is 0.0699. The van der Waals surface area contributed by atoms with Gasteiger partial charge in [-0.25, -0.2) is 0 Å². The Morgan fingerprint density at radius 2 is 1.90 bits per heavy atom. The van der Waals surface area contributed by atoms with E-state index in [1.54, 1.807) is 0 Å². The second-order valence-electron chi connectivity index (χ2n) is 4.85. The number of hydrogen-bond donors (Lipinski definition) is 0. The highest BCUT2D eigenvalue weighted by Gasteiger charge is 2.22. The predicted octanol–water partition coefficient (Wildman–Crippen LogP) is 3.64. The summed E-state index contributed by atoms with van der Waals surface area (Å²) < 4.78 is 10.9. The van der Waals surface area contributed by atoms with Crippen molar-refractivity contribution < 1.29 is 14.3 Å². The van der Waals surface area contributed by atoms with Gasteiger partial charge in [0.25, 0.3) is 0 Å². The molecule has 0 spiro atoms. The Kier molecular flexibility index (Phi) is 3.70. The molecule has 1 aliphatic heterocycles. The Bertz CT molecular complexity index is 639. The molecule has 4 heteroatoms. The summed E-state index contributed by atoms with van der Waals surface area (Å²) in [5, 5.41) is 0. The van der Waals surface area contributed by atoms with Crippen LogP contribution in [0.5, 0.6) is 0 Å². The van der Waals surface area contributed by atoms with Crippen LogP contribution in [0.4, 0.5) is 0 Å². The van der Waals surface area contributed by atoms with E-state index in [9.17, 15) is 4.79 Å². The molecule has 0 unspecified atom stereocenters. The van der Waals surface area contributed by atoms with Gasteiger partial charge in [0, 0.05) is 5.56 Å². The Labute approximate surface area is 122 Å². The quantitative estimate of drug-likeness (QED) is 0.809. The van der Waals surface area contributed by atoms with Crippen molar-refractivity contribution in [2.45, 2.75) is 20.1 Å². The van der Waals surface area contributed by atoms with Crippen molar-refractivity contribution in [1.82, 2.24) is 0 Å².